The van der Waals surface area contributed by atoms with E-state index in [4.69, 9.17) is 11.6 Å². The Balaban J connectivity index is 1.64. The van der Waals surface area contributed by atoms with Crippen LogP contribution in [0.3, 0.4) is 0 Å². The first-order valence-corrected chi connectivity index (χ1v) is 9.45. The third kappa shape index (κ3) is 2.73. The number of hydrogen-bond acceptors (Lipinski definition) is 4. The summed E-state index contributed by atoms with van der Waals surface area (Å²) in [6.45, 7) is 1.50. The topological polar surface area (TPSA) is 35.8 Å². The van der Waals surface area contributed by atoms with E-state index in [0.29, 0.717) is 5.02 Å². The summed E-state index contributed by atoms with van der Waals surface area (Å²) in [4.78, 5) is 6.60. The normalized spacial score (nSPS) is 25.7. The van der Waals surface area contributed by atoms with E-state index >= 15 is 0 Å². The van der Waals surface area contributed by atoms with Crippen molar-refractivity contribution >= 4 is 28.5 Å². The molecule has 0 unspecified atom stereocenters. The Morgan fingerprint density at radius 2 is 2.04 bits per heavy atom. The van der Waals surface area contributed by atoms with E-state index in [1.165, 1.54) is 5.56 Å². The van der Waals surface area contributed by atoms with Crippen LogP contribution >= 0.6 is 23.4 Å². The third-order valence-corrected chi connectivity index (χ3v) is 6.34. The van der Waals surface area contributed by atoms with Crippen molar-refractivity contribution in [2.45, 2.75) is 23.8 Å². The Morgan fingerprint density at radius 3 is 2.83 bits per heavy atom. The van der Waals surface area contributed by atoms with Crippen molar-refractivity contribution in [2.75, 3.05) is 13.1 Å². The maximum atomic E-state index is 11.7. The molecule has 1 saturated heterocycles. The van der Waals surface area contributed by atoms with Gasteiger partial charge in [0.05, 0.1) is 11.8 Å². The molecular weight excluding hydrogens is 340 g/mol. The van der Waals surface area contributed by atoms with Gasteiger partial charge in [0.2, 0.25) is 0 Å². The molecule has 2 aromatic carbocycles. The van der Waals surface area contributed by atoms with Crippen molar-refractivity contribution in [3.05, 3.63) is 70.7 Å². The molecule has 0 radical (unpaired) electrons. The van der Waals surface area contributed by atoms with Crippen LogP contribution in [0.2, 0.25) is 5.02 Å². The standard InChI is InChI=1S/C19H19ClN2OS/c20-16-8-4-7-15(13-16)19(23)17(24-18-21-11-12-22(18)19)10-9-14-5-2-1-3-6-14/h1-8,13,17,23H,9-12H2/t17-,19-/m1/s1. The quantitative estimate of drug-likeness (QED) is 0.900. The molecule has 2 aromatic rings. The molecule has 1 N–H and O–H groups in total. The van der Waals surface area contributed by atoms with Gasteiger partial charge < -0.3 is 10.0 Å². The molecule has 1 fully saturated rings. The lowest BCUT2D eigenvalue weighted by Crippen LogP contribution is -2.48. The number of thioether (sulfide) groups is 1. The van der Waals surface area contributed by atoms with Crippen LogP contribution in [0.25, 0.3) is 0 Å². The molecular formula is C19H19ClN2OS. The highest BCUT2D eigenvalue weighted by molar-refractivity contribution is 8.14. The number of amidine groups is 1. The van der Waals surface area contributed by atoms with Crippen LogP contribution in [0.4, 0.5) is 0 Å². The second-order valence-corrected chi connectivity index (χ2v) is 7.79. The highest BCUT2D eigenvalue weighted by atomic mass is 35.5. The number of benzene rings is 2. The van der Waals surface area contributed by atoms with E-state index < -0.39 is 5.72 Å². The van der Waals surface area contributed by atoms with Gasteiger partial charge in [0, 0.05) is 17.1 Å². The zero-order valence-corrected chi connectivity index (χ0v) is 14.8. The second-order valence-electron chi connectivity index (χ2n) is 6.18. The minimum Gasteiger partial charge on any atom is -0.366 e. The largest absolute Gasteiger partial charge is 0.366 e. The Morgan fingerprint density at radius 1 is 1.21 bits per heavy atom. The maximum absolute atomic E-state index is 11.7. The number of aliphatic imine (C=N–C) groups is 1. The SMILES string of the molecule is O[C@]1(c2cccc(Cl)c2)[C@@H](CCc2ccccc2)SC2=NCCN21. The number of aliphatic hydroxyl groups is 1. The number of halogens is 1. The summed E-state index contributed by atoms with van der Waals surface area (Å²) in [5.41, 5.74) is 1.10. The van der Waals surface area contributed by atoms with E-state index in [1.807, 2.05) is 35.2 Å². The average Bonchev–Trinajstić information content (AvgIpc) is 3.16. The molecule has 2 heterocycles. The predicted octanol–water partition coefficient (Wildman–Crippen LogP) is 3.90. The summed E-state index contributed by atoms with van der Waals surface area (Å²) < 4.78 is 0. The first-order valence-electron chi connectivity index (χ1n) is 8.19. The highest BCUT2D eigenvalue weighted by Gasteiger charge is 2.53. The Hall–Kier alpha value is -1.49. The van der Waals surface area contributed by atoms with E-state index in [0.717, 1.165) is 36.7 Å². The molecule has 4 rings (SSSR count). The molecule has 0 spiro atoms. The minimum atomic E-state index is -1.04. The molecule has 2 aliphatic rings. The molecule has 124 valence electrons. The monoisotopic (exact) mass is 358 g/mol. The molecule has 2 aliphatic heterocycles. The molecule has 0 saturated carbocycles. The summed E-state index contributed by atoms with van der Waals surface area (Å²) in [5.74, 6) is 0. The molecule has 3 nitrogen and oxygen atoms in total. The lowest BCUT2D eigenvalue weighted by atomic mass is 9.93. The molecule has 0 aliphatic carbocycles. The highest BCUT2D eigenvalue weighted by Crippen LogP contribution is 2.48. The molecule has 2 atom stereocenters. The second kappa shape index (κ2) is 6.43. The van der Waals surface area contributed by atoms with Crippen LogP contribution in [-0.4, -0.2) is 33.5 Å². The lowest BCUT2D eigenvalue weighted by Gasteiger charge is -2.36. The summed E-state index contributed by atoms with van der Waals surface area (Å²) in [6.07, 6.45) is 1.82. The minimum absolute atomic E-state index is 0.0372. The van der Waals surface area contributed by atoms with Crippen molar-refractivity contribution in [3.63, 3.8) is 0 Å². The van der Waals surface area contributed by atoms with Crippen LogP contribution in [0.15, 0.2) is 59.6 Å². The summed E-state index contributed by atoms with van der Waals surface area (Å²) in [6, 6.07) is 18.0. The van der Waals surface area contributed by atoms with Gasteiger partial charge in [0.1, 0.15) is 0 Å². The number of fused-ring (bicyclic) bond motifs is 1. The smallest absolute Gasteiger partial charge is 0.178 e. The van der Waals surface area contributed by atoms with E-state index in [9.17, 15) is 5.11 Å². The third-order valence-electron chi connectivity index (χ3n) is 4.70. The summed E-state index contributed by atoms with van der Waals surface area (Å²) >= 11 is 7.87. The molecule has 0 aromatic heterocycles. The van der Waals surface area contributed by atoms with Gasteiger partial charge >= 0.3 is 0 Å². The first kappa shape index (κ1) is 16.0. The van der Waals surface area contributed by atoms with Gasteiger partial charge in [-0.15, -0.1) is 0 Å². The summed E-state index contributed by atoms with van der Waals surface area (Å²) in [7, 11) is 0. The van der Waals surface area contributed by atoms with Crippen LogP contribution in [-0.2, 0) is 12.1 Å². The van der Waals surface area contributed by atoms with E-state index in [-0.39, 0.29) is 5.25 Å². The molecule has 0 amide bonds. The van der Waals surface area contributed by atoms with Gasteiger partial charge in [-0.05, 0) is 30.5 Å². The zero-order chi connectivity index (χ0) is 16.6. The fraction of sp³-hybridized carbons (Fsp3) is 0.316. The number of nitrogens with zero attached hydrogens (tertiary/aromatic N) is 2. The zero-order valence-electron chi connectivity index (χ0n) is 13.2. The van der Waals surface area contributed by atoms with Gasteiger partial charge in [-0.1, -0.05) is 65.8 Å². The fourth-order valence-corrected chi connectivity index (χ4v) is 5.12. The number of aryl methyl sites for hydroxylation is 1. The van der Waals surface area contributed by atoms with Crippen molar-refractivity contribution in [1.29, 1.82) is 0 Å². The maximum Gasteiger partial charge on any atom is 0.178 e. The van der Waals surface area contributed by atoms with E-state index in [2.05, 4.69) is 29.3 Å². The predicted molar refractivity (Wildman–Crippen MR) is 100 cm³/mol. The van der Waals surface area contributed by atoms with Crippen LogP contribution in [0.1, 0.15) is 17.5 Å². The Bertz CT molecular complexity index is 767. The van der Waals surface area contributed by atoms with Crippen molar-refractivity contribution in [2.24, 2.45) is 4.99 Å². The van der Waals surface area contributed by atoms with Gasteiger partial charge in [-0.3, -0.25) is 4.99 Å². The Labute approximate surface area is 151 Å². The molecule has 24 heavy (non-hydrogen) atoms. The summed E-state index contributed by atoms with van der Waals surface area (Å²) in [5, 5.41) is 13.3. The average molecular weight is 359 g/mol. The van der Waals surface area contributed by atoms with Gasteiger partial charge in [0.15, 0.2) is 10.9 Å². The van der Waals surface area contributed by atoms with Crippen LogP contribution in [0, 0.1) is 0 Å². The van der Waals surface area contributed by atoms with Gasteiger partial charge in [-0.2, -0.15) is 0 Å². The number of rotatable bonds is 4. The van der Waals surface area contributed by atoms with Crippen molar-refractivity contribution in [1.82, 2.24) is 4.90 Å². The van der Waals surface area contributed by atoms with Gasteiger partial charge in [0.25, 0.3) is 0 Å². The van der Waals surface area contributed by atoms with Crippen LogP contribution in [0.5, 0.6) is 0 Å². The molecule has 5 heteroatoms. The van der Waals surface area contributed by atoms with Gasteiger partial charge in [-0.25, -0.2) is 0 Å². The number of hydrogen-bond donors (Lipinski definition) is 1. The van der Waals surface area contributed by atoms with E-state index in [1.54, 1.807) is 11.8 Å². The Kier molecular flexibility index (Phi) is 4.29. The molecule has 0 bridgehead atoms. The first-order chi connectivity index (χ1) is 11.7. The lowest BCUT2D eigenvalue weighted by molar-refractivity contribution is -0.0671. The van der Waals surface area contributed by atoms with Crippen molar-refractivity contribution in [3.8, 4) is 0 Å². The fourth-order valence-electron chi connectivity index (χ4n) is 3.49. The van der Waals surface area contributed by atoms with Crippen molar-refractivity contribution < 1.29 is 5.11 Å². The van der Waals surface area contributed by atoms with Crippen LogP contribution < -0.4 is 0 Å².